The van der Waals surface area contributed by atoms with Gasteiger partial charge in [-0.1, -0.05) is 71.7 Å². The number of hydrogen-bond donors (Lipinski definition) is 0. The molecule has 4 heterocycles. The molecule has 2 aliphatic carbocycles. The van der Waals surface area contributed by atoms with E-state index in [1.165, 1.54) is 0 Å². The number of benzene rings is 4. The van der Waals surface area contributed by atoms with E-state index in [2.05, 4.69) is 105 Å². The van der Waals surface area contributed by atoms with Gasteiger partial charge in [-0.15, -0.1) is 0 Å². The second-order valence-corrected chi connectivity index (χ2v) is 17.0. The largest absolute Gasteiger partial charge is 0.490 e. The van der Waals surface area contributed by atoms with Crippen molar-refractivity contribution < 1.29 is 14.3 Å². The Labute approximate surface area is 337 Å². The van der Waals surface area contributed by atoms with Crippen molar-refractivity contribution in [1.82, 2.24) is 19.8 Å². The zero-order valence-corrected chi connectivity index (χ0v) is 32.8. The smallest absolute Gasteiger partial charge is 0.173 e. The fourth-order valence-corrected chi connectivity index (χ4v) is 9.60. The van der Waals surface area contributed by atoms with Gasteiger partial charge in [0.25, 0.3) is 0 Å². The quantitative estimate of drug-likeness (QED) is 0.128. The first kappa shape index (κ1) is 35.9. The zero-order chi connectivity index (χ0) is 37.9. The van der Waals surface area contributed by atoms with Crippen LogP contribution in [0, 0.1) is 0 Å². The predicted octanol–water partition coefficient (Wildman–Crippen LogP) is 10.4. The van der Waals surface area contributed by atoms with Crippen molar-refractivity contribution in [2.24, 2.45) is 0 Å². The number of hydrogen-bond acceptors (Lipinski definition) is 7. The molecule has 2 aliphatic heterocycles. The van der Waals surface area contributed by atoms with Crippen LogP contribution in [0.15, 0.2) is 109 Å². The highest BCUT2D eigenvalue weighted by atomic mass is 35.5. The molecule has 10 rings (SSSR count). The van der Waals surface area contributed by atoms with Crippen LogP contribution in [0.1, 0.15) is 51.4 Å². The first-order chi connectivity index (χ1) is 27.3. The molecule has 0 N–H and O–H groups in total. The molecule has 56 heavy (non-hydrogen) atoms. The van der Waals surface area contributed by atoms with Gasteiger partial charge in [0.05, 0.1) is 11.1 Å². The van der Waals surface area contributed by atoms with Crippen molar-refractivity contribution >= 4 is 50.5 Å². The van der Waals surface area contributed by atoms with Gasteiger partial charge in [0.2, 0.25) is 0 Å². The van der Waals surface area contributed by atoms with Crippen molar-refractivity contribution in [2.75, 3.05) is 26.2 Å². The number of piperidine rings is 2. The van der Waals surface area contributed by atoms with Gasteiger partial charge in [-0.05, 0) is 133 Å². The number of fused-ring (bicyclic) bond motifs is 2. The Morgan fingerprint density at radius 3 is 1.27 bits per heavy atom. The summed E-state index contributed by atoms with van der Waals surface area (Å²) < 4.78 is 13.0. The van der Waals surface area contributed by atoms with Gasteiger partial charge in [0.15, 0.2) is 5.78 Å². The highest BCUT2D eigenvalue weighted by Gasteiger charge is 2.66. The lowest BCUT2D eigenvalue weighted by Gasteiger charge is -2.42. The number of pyridine rings is 2. The fraction of sp³-hybridized carbons (Fsp3) is 0.340. The molecule has 4 aliphatic rings. The number of nitrogens with zero attached hydrogens (tertiary/aromatic N) is 4. The van der Waals surface area contributed by atoms with Gasteiger partial charge in [-0.3, -0.25) is 14.6 Å². The number of carbonyl (C=O) groups is 1. The van der Waals surface area contributed by atoms with E-state index < -0.39 is 0 Å². The molecule has 0 amide bonds. The van der Waals surface area contributed by atoms with E-state index in [-0.39, 0.29) is 23.3 Å². The standard InChI is InChI=1S/C47H44Cl2N4O3/c48-43-27-37-25-33(1-3-35(37)29-50-43)31-5-9-39(10-6-31)55-41-13-21-52(22-14-41)46(17-18-46)45(54)47(19-20-47)53-23-15-42(16-24-53)56-40-11-7-32(8-12-40)34-2-4-36-30-51-44(49)28-38(36)26-34/h1-12,25-30,41-42H,13-24H2. The van der Waals surface area contributed by atoms with E-state index in [0.29, 0.717) is 16.1 Å². The highest BCUT2D eigenvalue weighted by Crippen LogP contribution is 2.54. The summed E-state index contributed by atoms with van der Waals surface area (Å²) in [6.07, 6.45) is 11.6. The van der Waals surface area contributed by atoms with Crippen LogP contribution in [0.5, 0.6) is 11.5 Å². The Bertz CT molecular complexity index is 2250. The molecule has 2 saturated heterocycles. The Hall–Kier alpha value is -4.53. The molecule has 2 aromatic heterocycles. The van der Waals surface area contributed by atoms with Crippen LogP contribution in [0.4, 0.5) is 0 Å². The summed E-state index contributed by atoms with van der Waals surface area (Å²) in [5.74, 6) is 2.27. The van der Waals surface area contributed by atoms with Crippen LogP contribution < -0.4 is 9.47 Å². The minimum absolute atomic E-state index is 0.152. The van der Waals surface area contributed by atoms with Crippen molar-refractivity contribution in [3.8, 4) is 33.8 Å². The molecule has 284 valence electrons. The normalized spacial score (nSPS) is 19.9. The van der Waals surface area contributed by atoms with Crippen LogP contribution in [0.25, 0.3) is 43.8 Å². The van der Waals surface area contributed by atoms with Crippen LogP contribution >= 0.6 is 23.2 Å². The molecule has 0 radical (unpaired) electrons. The summed E-state index contributed by atoms with van der Waals surface area (Å²) in [4.78, 5) is 27.8. The lowest BCUT2D eigenvalue weighted by molar-refractivity contribution is -0.135. The number of rotatable bonds is 10. The molecule has 6 aromatic rings. The fourth-order valence-electron chi connectivity index (χ4n) is 9.27. The topological polar surface area (TPSA) is 67.8 Å². The van der Waals surface area contributed by atoms with Crippen molar-refractivity contribution in [3.63, 3.8) is 0 Å². The van der Waals surface area contributed by atoms with Crippen LogP contribution in [-0.2, 0) is 4.79 Å². The second-order valence-electron chi connectivity index (χ2n) is 16.2. The average molecular weight is 784 g/mol. The number of ketones is 1. The maximum Gasteiger partial charge on any atom is 0.173 e. The first-order valence-electron chi connectivity index (χ1n) is 20.0. The number of ether oxygens (including phenoxy) is 2. The lowest BCUT2D eigenvalue weighted by atomic mass is 9.93. The number of likely N-dealkylation sites (tertiary alicyclic amines) is 2. The molecule has 2 saturated carbocycles. The molecular weight excluding hydrogens is 739 g/mol. The number of halogens is 2. The van der Waals surface area contributed by atoms with Crippen LogP contribution in [-0.4, -0.2) is 75.0 Å². The maximum absolute atomic E-state index is 14.5. The Morgan fingerprint density at radius 1 is 0.518 bits per heavy atom. The number of aromatic nitrogens is 2. The van der Waals surface area contributed by atoms with Gasteiger partial charge in [0.1, 0.15) is 34.0 Å². The van der Waals surface area contributed by atoms with Crippen molar-refractivity contribution in [3.05, 3.63) is 120 Å². The van der Waals surface area contributed by atoms with Crippen LogP contribution in [0.2, 0.25) is 10.3 Å². The molecule has 9 heteroatoms. The monoisotopic (exact) mass is 782 g/mol. The van der Waals surface area contributed by atoms with E-state index in [0.717, 1.165) is 133 Å². The third-order valence-corrected chi connectivity index (χ3v) is 13.2. The van der Waals surface area contributed by atoms with Crippen molar-refractivity contribution in [2.45, 2.75) is 74.7 Å². The molecule has 7 nitrogen and oxygen atoms in total. The van der Waals surface area contributed by atoms with Crippen molar-refractivity contribution in [1.29, 1.82) is 0 Å². The Morgan fingerprint density at radius 2 is 0.893 bits per heavy atom. The first-order valence-corrected chi connectivity index (χ1v) is 20.8. The predicted molar refractivity (Wildman–Crippen MR) is 224 cm³/mol. The summed E-state index contributed by atoms with van der Waals surface area (Å²) in [7, 11) is 0. The van der Waals surface area contributed by atoms with Crippen LogP contribution in [0.3, 0.4) is 0 Å². The average Bonchev–Trinajstić information content (AvgIpc) is 4.18. The molecule has 4 aromatic carbocycles. The van der Waals surface area contributed by atoms with Gasteiger partial charge >= 0.3 is 0 Å². The summed E-state index contributed by atoms with van der Waals surface area (Å²) >= 11 is 12.3. The maximum atomic E-state index is 14.5. The molecule has 4 fully saturated rings. The number of carbonyl (C=O) groups excluding carboxylic acids is 1. The Kier molecular flexibility index (Phi) is 9.25. The second kappa shape index (κ2) is 14.4. The summed E-state index contributed by atoms with van der Waals surface area (Å²) in [5.41, 5.74) is 3.97. The molecule has 0 bridgehead atoms. The lowest BCUT2D eigenvalue weighted by Crippen LogP contribution is -2.58. The highest BCUT2D eigenvalue weighted by molar-refractivity contribution is 6.30. The van der Waals surface area contributed by atoms with Gasteiger partial charge in [-0.25, -0.2) is 9.97 Å². The SMILES string of the molecule is O=C(C1(N2CCC(Oc3ccc(-c4ccc5cnc(Cl)cc5c4)cc3)CC2)CC1)C1(N2CCC(Oc3ccc(-c4ccc5cnc(Cl)cc5c4)cc3)CC2)CC1. The Balaban J connectivity index is 0.711. The summed E-state index contributed by atoms with van der Waals surface area (Å²) in [6.45, 7) is 3.61. The third-order valence-electron chi connectivity index (χ3n) is 12.7. The van der Waals surface area contributed by atoms with E-state index >= 15 is 0 Å². The number of Topliss-reactive ketones (excluding diaryl/α,β-unsaturated/α-hetero) is 1. The van der Waals surface area contributed by atoms with Gasteiger partial charge in [0, 0.05) is 49.3 Å². The van der Waals surface area contributed by atoms with Gasteiger partial charge in [-0.2, -0.15) is 0 Å². The van der Waals surface area contributed by atoms with E-state index in [9.17, 15) is 4.79 Å². The molecule has 0 unspecified atom stereocenters. The molecule has 0 atom stereocenters. The van der Waals surface area contributed by atoms with E-state index in [1.807, 2.05) is 12.1 Å². The minimum Gasteiger partial charge on any atom is -0.490 e. The van der Waals surface area contributed by atoms with Gasteiger partial charge < -0.3 is 9.47 Å². The zero-order valence-electron chi connectivity index (χ0n) is 31.3. The van der Waals surface area contributed by atoms with E-state index in [1.54, 1.807) is 12.4 Å². The molecule has 0 spiro atoms. The summed E-state index contributed by atoms with van der Waals surface area (Å²) in [5, 5.41) is 5.28. The van der Waals surface area contributed by atoms with E-state index in [4.69, 9.17) is 32.7 Å². The summed E-state index contributed by atoms with van der Waals surface area (Å²) in [6, 6.07) is 33.3. The molecular formula is C47H44Cl2N4O3. The minimum atomic E-state index is -0.285. The third kappa shape index (κ3) is 6.93.